The van der Waals surface area contributed by atoms with Gasteiger partial charge in [0.15, 0.2) is 0 Å². The Morgan fingerprint density at radius 1 is 1.56 bits per heavy atom. The molecule has 0 aliphatic carbocycles. The fourth-order valence-electron chi connectivity index (χ4n) is 2.01. The first-order chi connectivity index (χ1) is 7.72. The number of benzene rings is 1. The van der Waals surface area contributed by atoms with E-state index in [1.54, 1.807) is 0 Å². The molecule has 3 nitrogen and oxygen atoms in total. The van der Waals surface area contributed by atoms with Crippen LogP contribution in [-0.2, 0) is 4.74 Å². The Morgan fingerprint density at radius 3 is 3.06 bits per heavy atom. The van der Waals surface area contributed by atoms with Gasteiger partial charge in [0.1, 0.15) is 0 Å². The lowest BCUT2D eigenvalue weighted by atomic mass is 10.1. The summed E-state index contributed by atoms with van der Waals surface area (Å²) in [5.74, 6) is 0. The number of halogens is 1. The number of morpholine rings is 1. The van der Waals surface area contributed by atoms with E-state index in [1.807, 2.05) is 0 Å². The van der Waals surface area contributed by atoms with E-state index >= 15 is 0 Å². The summed E-state index contributed by atoms with van der Waals surface area (Å²) in [6, 6.07) is 6.70. The fraction of sp³-hybridized carbons (Fsp3) is 0.500. The molecule has 1 heterocycles. The molecule has 1 atom stereocenters. The van der Waals surface area contributed by atoms with Gasteiger partial charge in [0.25, 0.3) is 0 Å². The van der Waals surface area contributed by atoms with Gasteiger partial charge in [-0.15, -0.1) is 0 Å². The van der Waals surface area contributed by atoms with E-state index in [1.165, 1.54) is 11.3 Å². The third-order valence-electron chi connectivity index (χ3n) is 2.91. The van der Waals surface area contributed by atoms with Crippen LogP contribution in [0.15, 0.2) is 22.7 Å². The summed E-state index contributed by atoms with van der Waals surface area (Å²) in [5, 5.41) is 0. The highest BCUT2D eigenvalue weighted by Crippen LogP contribution is 2.29. The SMILES string of the molecule is Cc1ccc(N2CCOCC2CN)c(Br)c1. The number of hydrogen-bond acceptors (Lipinski definition) is 3. The van der Waals surface area contributed by atoms with Crippen molar-refractivity contribution in [2.75, 3.05) is 31.2 Å². The average molecular weight is 285 g/mol. The monoisotopic (exact) mass is 284 g/mol. The molecule has 1 aromatic rings. The number of anilines is 1. The molecule has 0 saturated carbocycles. The molecule has 0 amide bonds. The number of hydrogen-bond donors (Lipinski definition) is 1. The smallest absolute Gasteiger partial charge is 0.0683 e. The minimum atomic E-state index is 0.285. The topological polar surface area (TPSA) is 38.5 Å². The van der Waals surface area contributed by atoms with E-state index in [2.05, 4.69) is 46.0 Å². The molecule has 4 heteroatoms. The lowest BCUT2D eigenvalue weighted by Crippen LogP contribution is -2.49. The zero-order valence-electron chi connectivity index (χ0n) is 9.45. The summed E-state index contributed by atoms with van der Waals surface area (Å²) < 4.78 is 6.58. The van der Waals surface area contributed by atoms with Crippen molar-refractivity contribution in [2.45, 2.75) is 13.0 Å². The van der Waals surface area contributed by atoms with E-state index in [4.69, 9.17) is 10.5 Å². The summed E-state index contributed by atoms with van der Waals surface area (Å²) in [6.45, 7) is 5.12. The zero-order chi connectivity index (χ0) is 11.5. The molecule has 88 valence electrons. The highest BCUT2D eigenvalue weighted by atomic mass is 79.9. The molecular weight excluding hydrogens is 268 g/mol. The van der Waals surface area contributed by atoms with Gasteiger partial charge in [0.05, 0.1) is 24.9 Å². The number of ether oxygens (including phenoxy) is 1. The first-order valence-corrected chi connectivity index (χ1v) is 6.32. The minimum Gasteiger partial charge on any atom is -0.377 e. The number of aryl methyl sites for hydroxylation is 1. The van der Waals surface area contributed by atoms with Gasteiger partial charge in [-0.2, -0.15) is 0 Å². The molecule has 0 aromatic heterocycles. The summed E-state index contributed by atoms with van der Waals surface area (Å²) in [7, 11) is 0. The van der Waals surface area contributed by atoms with Crippen molar-refractivity contribution in [3.63, 3.8) is 0 Å². The lowest BCUT2D eigenvalue weighted by Gasteiger charge is -2.37. The van der Waals surface area contributed by atoms with E-state index in [0.29, 0.717) is 6.54 Å². The number of rotatable bonds is 2. The van der Waals surface area contributed by atoms with Crippen molar-refractivity contribution >= 4 is 21.6 Å². The van der Waals surface area contributed by atoms with Gasteiger partial charge < -0.3 is 15.4 Å². The lowest BCUT2D eigenvalue weighted by molar-refractivity contribution is 0.0962. The maximum atomic E-state index is 5.77. The van der Waals surface area contributed by atoms with Gasteiger partial charge in [-0.05, 0) is 40.5 Å². The Balaban J connectivity index is 2.27. The molecule has 0 radical (unpaired) electrons. The molecule has 1 saturated heterocycles. The van der Waals surface area contributed by atoms with E-state index in [-0.39, 0.29) is 6.04 Å². The van der Waals surface area contributed by atoms with Crippen molar-refractivity contribution in [3.05, 3.63) is 28.2 Å². The Hall–Kier alpha value is -0.580. The van der Waals surface area contributed by atoms with Gasteiger partial charge in [-0.1, -0.05) is 6.07 Å². The van der Waals surface area contributed by atoms with Gasteiger partial charge in [-0.25, -0.2) is 0 Å². The number of nitrogens with two attached hydrogens (primary N) is 1. The minimum absolute atomic E-state index is 0.285. The van der Waals surface area contributed by atoms with Crippen LogP contribution in [0.3, 0.4) is 0 Å². The largest absolute Gasteiger partial charge is 0.377 e. The van der Waals surface area contributed by atoms with Crippen LogP contribution in [-0.4, -0.2) is 32.3 Å². The maximum Gasteiger partial charge on any atom is 0.0683 e. The third-order valence-corrected chi connectivity index (χ3v) is 3.55. The van der Waals surface area contributed by atoms with Gasteiger partial charge in [-0.3, -0.25) is 0 Å². The Labute approximate surface area is 105 Å². The van der Waals surface area contributed by atoms with Crippen molar-refractivity contribution in [1.29, 1.82) is 0 Å². The second kappa shape index (κ2) is 5.17. The van der Waals surface area contributed by atoms with Crippen LogP contribution in [0.25, 0.3) is 0 Å². The van der Waals surface area contributed by atoms with Crippen LogP contribution in [0.5, 0.6) is 0 Å². The molecule has 2 rings (SSSR count). The molecule has 1 aromatic carbocycles. The molecule has 0 bridgehead atoms. The molecule has 16 heavy (non-hydrogen) atoms. The predicted octanol–water partition coefficient (Wildman–Crippen LogP) is 1.92. The number of nitrogens with zero attached hydrogens (tertiary/aromatic N) is 1. The van der Waals surface area contributed by atoms with Crippen LogP contribution in [0.4, 0.5) is 5.69 Å². The molecule has 1 aliphatic heterocycles. The summed E-state index contributed by atoms with van der Waals surface area (Å²) in [4.78, 5) is 2.33. The summed E-state index contributed by atoms with van der Waals surface area (Å²) >= 11 is 3.62. The van der Waals surface area contributed by atoms with Crippen LogP contribution >= 0.6 is 15.9 Å². The highest BCUT2D eigenvalue weighted by Gasteiger charge is 2.23. The highest BCUT2D eigenvalue weighted by molar-refractivity contribution is 9.10. The van der Waals surface area contributed by atoms with Crippen LogP contribution in [0.1, 0.15) is 5.56 Å². The second-order valence-corrected chi connectivity index (χ2v) is 4.97. The third kappa shape index (κ3) is 2.39. The first-order valence-electron chi connectivity index (χ1n) is 5.53. The summed E-state index contributed by atoms with van der Waals surface area (Å²) in [6.07, 6.45) is 0. The van der Waals surface area contributed by atoms with Crippen molar-refractivity contribution in [1.82, 2.24) is 0 Å². The molecule has 2 N–H and O–H groups in total. The predicted molar refractivity (Wildman–Crippen MR) is 69.9 cm³/mol. The normalized spacial score (nSPS) is 21.2. The van der Waals surface area contributed by atoms with Crippen LogP contribution in [0, 0.1) is 6.92 Å². The zero-order valence-corrected chi connectivity index (χ0v) is 11.0. The van der Waals surface area contributed by atoms with Crippen LogP contribution < -0.4 is 10.6 Å². The Bertz CT molecular complexity index is 370. The van der Waals surface area contributed by atoms with E-state index in [9.17, 15) is 0 Å². The Morgan fingerprint density at radius 2 is 2.38 bits per heavy atom. The second-order valence-electron chi connectivity index (χ2n) is 4.11. The van der Waals surface area contributed by atoms with Gasteiger partial charge in [0.2, 0.25) is 0 Å². The van der Waals surface area contributed by atoms with Crippen LogP contribution in [0.2, 0.25) is 0 Å². The first kappa shape index (κ1) is 11.9. The fourth-order valence-corrected chi connectivity index (χ4v) is 2.73. The molecule has 1 unspecified atom stereocenters. The summed E-state index contributed by atoms with van der Waals surface area (Å²) in [5.41, 5.74) is 8.24. The van der Waals surface area contributed by atoms with E-state index in [0.717, 1.165) is 24.2 Å². The molecule has 1 fully saturated rings. The molecule has 1 aliphatic rings. The molecular formula is C12H17BrN2O. The van der Waals surface area contributed by atoms with Crippen molar-refractivity contribution < 1.29 is 4.74 Å². The molecule has 0 spiro atoms. The van der Waals surface area contributed by atoms with Gasteiger partial charge >= 0.3 is 0 Å². The van der Waals surface area contributed by atoms with Crippen molar-refractivity contribution in [2.24, 2.45) is 5.73 Å². The quantitative estimate of drug-likeness (QED) is 0.902. The standard InChI is InChI=1S/C12H17BrN2O/c1-9-2-3-12(11(13)6-9)15-4-5-16-8-10(15)7-14/h2-3,6,10H,4-5,7-8,14H2,1H3. The average Bonchev–Trinajstić information content (AvgIpc) is 2.29. The van der Waals surface area contributed by atoms with Gasteiger partial charge in [0, 0.05) is 17.6 Å². The Kier molecular flexibility index (Phi) is 3.84. The van der Waals surface area contributed by atoms with E-state index < -0.39 is 0 Å². The van der Waals surface area contributed by atoms with Crippen molar-refractivity contribution in [3.8, 4) is 0 Å². The maximum absolute atomic E-state index is 5.77.